The Labute approximate surface area is 189 Å². The van der Waals surface area contributed by atoms with E-state index in [-0.39, 0.29) is 12.0 Å². The number of hydrogen-bond acceptors (Lipinski definition) is 4. The van der Waals surface area contributed by atoms with Crippen molar-refractivity contribution in [2.24, 2.45) is 23.2 Å². The molecule has 3 fully saturated rings. The summed E-state index contributed by atoms with van der Waals surface area (Å²) >= 11 is -1.56. The summed E-state index contributed by atoms with van der Waals surface area (Å²) < 4.78 is 25.8. The average molecular weight is 446 g/mol. The number of allylic oxidation sites excluding steroid dienone is 2. The number of hydrogen-bond donors (Lipinski definition) is 1. The number of ether oxygens (including phenoxy) is 1. The normalized spacial score (nSPS) is 27.7. The molecule has 2 bridgehead atoms. The standard InChI is InChI=1S/C25H35NO4S/c1-25(2)20-17-22(25)21(13-9-4-5-10-14-24(27)29-3)23(18-20)26-31(28)30-16-15-19-11-7-6-8-12-19/h4,6-9,11-12,15-16,20-23,26H,5,10,13-14,17-18H2,1-3H3/t20-,21+,22+,23?,31?/m1/s1. The number of carbonyl (C=O) groups excluding carboxylic acids is 1. The van der Waals surface area contributed by atoms with Crippen LogP contribution < -0.4 is 4.72 Å². The molecule has 31 heavy (non-hydrogen) atoms. The Morgan fingerprint density at radius 3 is 2.71 bits per heavy atom. The van der Waals surface area contributed by atoms with Gasteiger partial charge in [-0.2, -0.15) is 4.21 Å². The van der Waals surface area contributed by atoms with E-state index in [1.54, 1.807) is 0 Å². The number of nitrogens with one attached hydrogen (secondary N) is 1. The molecule has 0 amide bonds. The first-order valence-electron chi connectivity index (χ1n) is 11.2. The Morgan fingerprint density at radius 2 is 2.00 bits per heavy atom. The summed E-state index contributed by atoms with van der Waals surface area (Å²) in [5.74, 6) is 1.57. The zero-order valence-electron chi connectivity index (χ0n) is 18.8. The lowest BCUT2D eigenvalue weighted by Crippen LogP contribution is -2.60. The first kappa shape index (κ1) is 23.7. The van der Waals surface area contributed by atoms with Crippen LogP contribution in [0.15, 0.2) is 48.7 Å². The van der Waals surface area contributed by atoms with Crippen LogP contribution in [0.2, 0.25) is 0 Å². The molecule has 2 unspecified atom stereocenters. The number of carbonyl (C=O) groups is 1. The largest absolute Gasteiger partial charge is 0.469 e. The van der Waals surface area contributed by atoms with E-state index in [1.807, 2.05) is 36.4 Å². The van der Waals surface area contributed by atoms with Crippen molar-refractivity contribution in [1.29, 1.82) is 0 Å². The van der Waals surface area contributed by atoms with Gasteiger partial charge in [-0.1, -0.05) is 56.3 Å². The SMILES string of the molecule is COC(=O)CCCC=CC[C@@H]1C(NS(=O)OC=Cc2ccccc2)C[C@H]2C[C@@H]1C2(C)C. The van der Waals surface area contributed by atoms with Crippen molar-refractivity contribution in [2.75, 3.05) is 7.11 Å². The van der Waals surface area contributed by atoms with E-state index in [0.29, 0.717) is 29.6 Å². The molecule has 1 N–H and O–H groups in total. The van der Waals surface area contributed by atoms with Crippen LogP contribution in [0.1, 0.15) is 57.9 Å². The number of fused-ring (bicyclic) bond motifs is 2. The summed E-state index contributed by atoms with van der Waals surface area (Å²) in [6.07, 6.45) is 13.1. The van der Waals surface area contributed by atoms with Gasteiger partial charge in [0.1, 0.15) is 6.26 Å². The van der Waals surface area contributed by atoms with Gasteiger partial charge >= 0.3 is 5.97 Å². The van der Waals surface area contributed by atoms with Gasteiger partial charge in [-0.3, -0.25) is 4.79 Å². The average Bonchev–Trinajstić information content (AvgIpc) is 2.77. The molecule has 0 aliphatic heterocycles. The summed E-state index contributed by atoms with van der Waals surface area (Å²) in [6, 6.07) is 10.0. The second kappa shape index (κ2) is 11.1. The maximum atomic E-state index is 12.5. The van der Waals surface area contributed by atoms with Gasteiger partial charge in [0, 0.05) is 12.5 Å². The Balaban J connectivity index is 1.51. The third-order valence-electron chi connectivity index (χ3n) is 7.12. The molecule has 1 aromatic carbocycles. The van der Waals surface area contributed by atoms with Gasteiger partial charge < -0.3 is 8.92 Å². The predicted molar refractivity (Wildman–Crippen MR) is 125 cm³/mol. The van der Waals surface area contributed by atoms with Gasteiger partial charge in [-0.15, -0.1) is 0 Å². The van der Waals surface area contributed by atoms with Crippen molar-refractivity contribution in [3.05, 3.63) is 54.3 Å². The molecular weight excluding hydrogens is 410 g/mol. The Hall–Kier alpha value is -1.92. The monoisotopic (exact) mass is 445 g/mol. The van der Waals surface area contributed by atoms with Crippen LogP contribution in [0.5, 0.6) is 0 Å². The first-order valence-corrected chi connectivity index (χ1v) is 12.3. The molecule has 0 heterocycles. The van der Waals surface area contributed by atoms with Crippen LogP contribution in [-0.2, 0) is 25.0 Å². The molecule has 0 aromatic heterocycles. The zero-order chi connectivity index (χ0) is 22.3. The fraction of sp³-hybridized carbons (Fsp3) is 0.560. The highest BCUT2D eigenvalue weighted by atomic mass is 32.2. The molecular formula is C25H35NO4S. The summed E-state index contributed by atoms with van der Waals surface area (Å²) in [5, 5.41) is 0. The lowest BCUT2D eigenvalue weighted by Gasteiger charge is -2.62. The topological polar surface area (TPSA) is 64.6 Å². The van der Waals surface area contributed by atoms with Gasteiger partial charge in [0.05, 0.1) is 7.11 Å². The molecule has 0 spiro atoms. The molecule has 3 aliphatic carbocycles. The number of rotatable bonds is 11. The summed E-state index contributed by atoms with van der Waals surface area (Å²) in [4.78, 5) is 11.2. The van der Waals surface area contributed by atoms with Crippen molar-refractivity contribution in [2.45, 2.75) is 58.4 Å². The predicted octanol–water partition coefficient (Wildman–Crippen LogP) is 5.18. The summed E-state index contributed by atoms with van der Waals surface area (Å²) in [6.45, 7) is 4.73. The first-order chi connectivity index (χ1) is 14.9. The molecule has 6 heteroatoms. The van der Waals surface area contributed by atoms with Crippen LogP contribution in [0.3, 0.4) is 0 Å². The lowest BCUT2D eigenvalue weighted by molar-refractivity contribution is -0.140. The Morgan fingerprint density at radius 1 is 1.23 bits per heavy atom. The van der Waals surface area contributed by atoms with E-state index < -0.39 is 11.3 Å². The smallest absolute Gasteiger partial charge is 0.305 e. The van der Waals surface area contributed by atoms with Crippen molar-refractivity contribution >= 4 is 23.3 Å². The van der Waals surface area contributed by atoms with Crippen molar-refractivity contribution in [1.82, 2.24) is 4.72 Å². The molecule has 170 valence electrons. The van der Waals surface area contributed by atoms with Crippen molar-refractivity contribution < 1.29 is 17.9 Å². The highest BCUT2D eigenvalue weighted by molar-refractivity contribution is 7.78. The van der Waals surface area contributed by atoms with Crippen LogP contribution in [0, 0.1) is 23.2 Å². The van der Waals surface area contributed by atoms with Gasteiger partial charge in [-0.25, -0.2) is 4.72 Å². The molecule has 3 aliphatic rings. The van der Waals surface area contributed by atoms with Gasteiger partial charge in [0.25, 0.3) is 11.3 Å². The van der Waals surface area contributed by atoms with E-state index in [1.165, 1.54) is 19.8 Å². The zero-order valence-corrected chi connectivity index (χ0v) is 19.6. The number of unbranched alkanes of at least 4 members (excludes halogenated alkanes) is 1. The van der Waals surface area contributed by atoms with E-state index in [2.05, 4.69) is 35.5 Å². The highest BCUT2D eigenvalue weighted by Crippen LogP contribution is 2.62. The van der Waals surface area contributed by atoms with E-state index in [9.17, 15) is 9.00 Å². The lowest BCUT2D eigenvalue weighted by atomic mass is 9.44. The minimum absolute atomic E-state index is 0.156. The van der Waals surface area contributed by atoms with E-state index >= 15 is 0 Å². The minimum Gasteiger partial charge on any atom is -0.469 e. The van der Waals surface area contributed by atoms with Gasteiger partial charge in [-0.05, 0) is 66.9 Å². The summed E-state index contributed by atoms with van der Waals surface area (Å²) in [5.41, 5.74) is 1.35. The molecule has 5 nitrogen and oxygen atoms in total. The van der Waals surface area contributed by atoms with Crippen molar-refractivity contribution in [3.63, 3.8) is 0 Å². The number of benzene rings is 1. The molecule has 0 radical (unpaired) electrons. The minimum atomic E-state index is -1.56. The van der Waals surface area contributed by atoms with E-state index in [4.69, 9.17) is 4.18 Å². The molecule has 0 saturated heterocycles. The second-order valence-electron chi connectivity index (χ2n) is 9.20. The van der Waals surface area contributed by atoms with Crippen LogP contribution >= 0.6 is 0 Å². The van der Waals surface area contributed by atoms with Gasteiger partial charge in [0.15, 0.2) is 0 Å². The molecule has 5 atom stereocenters. The van der Waals surface area contributed by atoms with Crippen LogP contribution in [-0.4, -0.2) is 23.3 Å². The maximum absolute atomic E-state index is 12.5. The van der Waals surface area contributed by atoms with Crippen LogP contribution in [0.4, 0.5) is 0 Å². The Bertz CT molecular complexity index is 805. The van der Waals surface area contributed by atoms with Gasteiger partial charge in [0.2, 0.25) is 0 Å². The fourth-order valence-electron chi connectivity index (χ4n) is 5.12. The van der Waals surface area contributed by atoms with Crippen LogP contribution in [0.25, 0.3) is 6.08 Å². The number of esters is 1. The molecule has 1 aromatic rings. The molecule has 4 rings (SSSR count). The molecule has 3 saturated carbocycles. The Kier molecular flexibility index (Phi) is 8.50. The maximum Gasteiger partial charge on any atom is 0.305 e. The number of methoxy groups -OCH3 is 1. The second-order valence-corrected chi connectivity index (χ2v) is 10.1. The van der Waals surface area contributed by atoms with Crippen molar-refractivity contribution in [3.8, 4) is 0 Å². The highest BCUT2D eigenvalue weighted by Gasteiger charge is 2.57. The van der Waals surface area contributed by atoms with E-state index in [0.717, 1.165) is 31.2 Å². The third-order valence-corrected chi connectivity index (χ3v) is 7.90. The summed E-state index contributed by atoms with van der Waals surface area (Å²) in [7, 11) is 1.42. The fourth-order valence-corrected chi connectivity index (χ4v) is 5.85. The third kappa shape index (κ3) is 6.30. The quantitative estimate of drug-likeness (QED) is 0.221.